The number of carbonyl (C=O) groups is 3. The minimum atomic E-state index is -3.26. The minimum Gasteiger partial charge on any atom is -0.478 e. The van der Waals surface area contributed by atoms with Crippen LogP contribution in [0.1, 0.15) is 49.4 Å². The molecule has 1 aliphatic carbocycles. The number of likely N-dealkylation sites (tertiary alicyclic amines) is 1. The number of amides is 2. The summed E-state index contributed by atoms with van der Waals surface area (Å²) in [6, 6.07) is 5.32. The van der Waals surface area contributed by atoms with E-state index in [1.165, 1.54) is 22.7 Å². The van der Waals surface area contributed by atoms with Gasteiger partial charge in [0.2, 0.25) is 21.8 Å². The van der Waals surface area contributed by atoms with Crippen molar-refractivity contribution in [2.24, 2.45) is 17.6 Å². The molecule has 2 saturated heterocycles. The van der Waals surface area contributed by atoms with Gasteiger partial charge >= 0.3 is 5.97 Å². The van der Waals surface area contributed by atoms with Crippen LogP contribution in [0.15, 0.2) is 24.3 Å². The first kappa shape index (κ1) is 28.5. The summed E-state index contributed by atoms with van der Waals surface area (Å²) in [7, 11) is -3.26. The number of carboxylic acid groups (broad SMARTS) is 1. The van der Waals surface area contributed by atoms with E-state index in [1.807, 2.05) is 6.92 Å². The number of carboxylic acids is 1. The molecule has 210 valence electrons. The van der Waals surface area contributed by atoms with Crippen molar-refractivity contribution >= 4 is 33.5 Å². The third-order valence-electron chi connectivity index (χ3n) is 8.39. The number of benzene rings is 1. The van der Waals surface area contributed by atoms with Crippen LogP contribution in [0.3, 0.4) is 0 Å². The summed E-state index contributed by atoms with van der Waals surface area (Å²) < 4.78 is 25.3. The Labute approximate surface area is 224 Å². The number of anilines is 1. The molecule has 0 spiro atoms. The number of hydrogen-bond acceptors (Lipinski definition) is 7. The fourth-order valence-corrected chi connectivity index (χ4v) is 6.85. The Bertz CT molecular complexity index is 1130. The van der Waals surface area contributed by atoms with Crippen LogP contribution in [0.2, 0.25) is 0 Å². The van der Waals surface area contributed by atoms with Crippen LogP contribution in [0.25, 0.3) is 0 Å². The molecule has 12 heteroatoms. The lowest BCUT2D eigenvalue weighted by atomic mass is 9.78. The normalized spacial score (nSPS) is 28.1. The zero-order valence-electron chi connectivity index (χ0n) is 22.1. The van der Waals surface area contributed by atoms with Crippen molar-refractivity contribution in [2.45, 2.75) is 57.2 Å². The van der Waals surface area contributed by atoms with Crippen molar-refractivity contribution in [3.8, 4) is 0 Å². The van der Waals surface area contributed by atoms with Gasteiger partial charge in [-0.1, -0.05) is 0 Å². The fraction of sp³-hybridized carbons (Fsp3) is 0.654. The van der Waals surface area contributed by atoms with Gasteiger partial charge in [-0.05, 0) is 69.2 Å². The van der Waals surface area contributed by atoms with Gasteiger partial charge in [-0.3, -0.25) is 14.5 Å². The van der Waals surface area contributed by atoms with E-state index in [-0.39, 0.29) is 35.4 Å². The molecule has 1 saturated carbocycles. The van der Waals surface area contributed by atoms with Gasteiger partial charge in [0.15, 0.2) is 0 Å². The molecule has 3 aliphatic rings. The number of nitrogens with one attached hydrogen (secondary N) is 1. The molecule has 1 aromatic rings. The van der Waals surface area contributed by atoms with Crippen LogP contribution in [0.4, 0.5) is 5.69 Å². The highest BCUT2D eigenvalue weighted by atomic mass is 32.2. The molecule has 2 aliphatic heterocycles. The molecule has 3 fully saturated rings. The molecule has 4 N–H and O–H groups in total. The quantitative estimate of drug-likeness (QED) is 0.456. The summed E-state index contributed by atoms with van der Waals surface area (Å²) in [5.74, 6) is -1.09. The molecular weight excluding hydrogens is 510 g/mol. The molecule has 2 amide bonds. The van der Waals surface area contributed by atoms with Gasteiger partial charge in [0.1, 0.15) is 6.04 Å². The van der Waals surface area contributed by atoms with Gasteiger partial charge in [0.05, 0.1) is 11.8 Å². The van der Waals surface area contributed by atoms with E-state index in [4.69, 9.17) is 10.8 Å². The highest BCUT2D eigenvalue weighted by Gasteiger charge is 2.44. The maximum Gasteiger partial charge on any atom is 0.335 e. The Morgan fingerprint density at radius 1 is 1.03 bits per heavy atom. The van der Waals surface area contributed by atoms with Gasteiger partial charge in [0.25, 0.3) is 0 Å². The Hall–Kier alpha value is -2.54. The molecule has 11 nitrogen and oxygen atoms in total. The number of rotatable bonds is 7. The lowest BCUT2D eigenvalue weighted by molar-refractivity contribution is -0.141. The predicted molar refractivity (Wildman–Crippen MR) is 143 cm³/mol. The molecule has 1 aromatic carbocycles. The van der Waals surface area contributed by atoms with Gasteiger partial charge < -0.3 is 21.1 Å². The van der Waals surface area contributed by atoms with Crippen molar-refractivity contribution in [3.05, 3.63) is 29.8 Å². The van der Waals surface area contributed by atoms with Gasteiger partial charge in [0, 0.05) is 56.4 Å². The van der Waals surface area contributed by atoms with Gasteiger partial charge in [-0.25, -0.2) is 13.2 Å². The number of carbonyl (C=O) groups excluding carboxylic acids is 2. The Morgan fingerprint density at radius 3 is 2.16 bits per heavy atom. The van der Waals surface area contributed by atoms with Crippen LogP contribution in [-0.2, 0) is 19.6 Å². The van der Waals surface area contributed by atoms with E-state index < -0.39 is 22.0 Å². The first-order valence-electron chi connectivity index (χ1n) is 13.3. The maximum absolute atomic E-state index is 13.7. The lowest BCUT2D eigenvalue weighted by Gasteiger charge is -2.37. The minimum absolute atomic E-state index is 0.00762. The van der Waals surface area contributed by atoms with Crippen LogP contribution in [-0.4, -0.2) is 103 Å². The third kappa shape index (κ3) is 6.53. The van der Waals surface area contributed by atoms with E-state index >= 15 is 0 Å². The smallest absolute Gasteiger partial charge is 0.335 e. The van der Waals surface area contributed by atoms with Crippen molar-refractivity contribution in [1.82, 2.24) is 14.1 Å². The number of nitrogens with two attached hydrogens (primary N) is 1. The second kappa shape index (κ2) is 11.7. The van der Waals surface area contributed by atoms with E-state index in [0.717, 1.165) is 25.7 Å². The van der Waals surface area contributed by atoms with Crippen molar-refractivity contribution in [3.63, 3.8) is 0 Å². The molecular formula is C26H39N5O6S. The van der Waals surface area contributed by atoms with Crippen LogP contribution >= 0.6 is 0 Å². The van der Waals surface area contributed by atoms with E-state index in [9.17, 15) is 22.8 Å². The molecule has 1 unspecified atom stereocenters. The molecule has 0 aromatic heterocycles. The molecule has 38 heavy (non-hydrogen) atoms. The molecule has 0 radical (unpaired) electrons. The maximum atomic E-state index is 13.7. The Balaban J connectivity index is 1.47. The number of aromatic carboxylic acids is 1. The van der Waals surface area contributed by atoms with Crippen molar-refractivity contribution in [1.29, 1.82) is 0 Å². The summed E-state index contributed by atoms with van der Waals surface area (Å²) >= 11 is 0. The summed E-state index contributed by atoms with van der Waals surface area (Å²) in [6.07, 6.45) is 4.96. The summed E-state index contributed by atoms with van der Waals surface area (Å²) in [5, 5.41) is 12.0. The number of sulfonamides is 1. The van der Waals surface area contributed by atoms with E-state index in [0.29, 0.717) is 50.7 Å². The van der Waals surface area contributed by atoms with Crippen LogP contribution in [0.5, 0.6) is 0 Å². The fourth-order valence-electron chi connectivity index (χ4n) is 6.02. The standard InChI is InChI=1S/C26H39N5O6S/c1-17(27)18-3-5-19(6-4-18)25(33)31-16-22(29-11-13-30(14-12-29)38(2,36)37)15-23(31)24(32)28-21-9-7-20(8-10-21)26(34)35/h7-10,17-19,22-23H,3-6,11-16,27H2,1-2H3,(H,28,32)(H,34,35)/t17-,18-,19-,22-,23?/m0/s1. The van der Waals surface area contributed by atoms with Crippen LogP contribution < -0.4 is 11.1 Å². The Kier molecular flexibility index (Phi) is 8.75. The molecule has 3 atom stereocenters. The SMILES string of the molecule is C[C@H](N)[C@H]1CC[C@H](C(=O)N2C[C@@H](N3CCN(S(C)(=O)=O)CC3)CC2C(=O)Nc2ccc(C(=O)O)cc2)CC1. The number of nitrogens with zero attached hydrogens (tertiary/aromatic N) is 3. The summed E-state index contributed by atoms with van der Waals surface area (Å²) in [6.45, 7) is 4.29. The second-order valence-electron chi connectivity index (χ2n) is 10.9. The lowest BCUT2D eigenvalue weighted by Crippen LogP contribution is -2.52. The zero-order valence-corrected chi connectivity index (χ0v) is 22.9. The monoisotopic (exact) mass is 549 g/mol. The zero-order chi connectivity index (χ0) is 27.6. The second-order valence-corrected chi connectivity index (χ2v) is 12.9. The topological polar surface area (TPSA) is 153 Å². The number of hydrogen-bond donors (Lipinski definition) is 3. The average Bonchev–Trinajstić information content (AvgIpc) is 3.34. The highest BCUT2D eigenvalue weighted by molar-refractivity contribution is 7.88. The molecule has 4 rings (SSSR count). The average molecular weight is 550 g/mol. The third-order valence-corrected chi connectivity index (χ3v) is 9.69. The number of piperazine rings is 1. The Morgan fingerprint density at radius 2 is 1.63 bits per heavy atom. The van der Waals surface area contributed by atoms with Crippen molar-refractivity contribution < 1.29 is 27.9 Å². The van der Waals surface area contributed by atoms with Crippen molar-refractivity contribution in [2.75, 3.05) is 44.3 Å². The van der Waals surface area contributed by atoms with E-state index in [2.05, 4.69) is 10.2 Å². The first-order valence-corrected chi connectivity index (χ1v) is 15.2. The van der Waals surface area contributed by atoms with Gasteiger partial charge in [-0.2, -0.15) is 4.31 Å². The molecule has 2 heterocycles. The highest BCUT2D eigenvalue weighted by Crippen LogP contribution is 2.34. The first-order chi connectivity index (χ1) is 17.9. The largest absolute Gasteiger partial charge is 0.478 e. The summed E-state index contributed by atoms with van der Waals surface area (Å²) in [4.78, 5) is 42.2. The molecule has 0 bridgehead atoms. The summed E-state index contributed by atoms with van der Waals surface area (Å²) in [5.41, 5.74) is 6.67. The predicted octanol–water partition coefficient (Wildman–Crippen LogP) is 1.02. The van der Waals surface area contributed by atoms with E-state index in [1.54, 1.807) is 17.0 Å². The van der Waals surface area contributed by atoms with Crippen LogP contribution in [0, 0.1) is 11.8 Å². The van der Waals surface area contributed by atoms with Gasteiger partial charge in [-0.15, -0.1) is 0 Å².